The number of nitrogen functional groups attached to an aromatic ring is 1. The van der Waals surface area contributed by atoms with Crippen molar-refractivity contribution < 1.29 is 9.84 Å². The molecule has 1 atom stereocenters. The Morgan fingerprint density at radius 1 is 1.16 bits per heavy atom. The van der Waals surface area contributed by atoms with E-state index in [2.05, 4.69) is 19.8 Å². The van der Waals surface area contributed by atoms with Gasteiger partial charge < -0.3 is 20.5 Å². The van der Waals surface area contributed by atoms with Crippen molar-refractivity contribution in [3.8, 4) is 5.75 Å². The third-order valence-corrected chi connectivity index (χ3v) is 4.21. The maximum absolute atomic E-state index is 10.2. The van der Waals surface area contributed by atoms with Gasteiger partial charge >= 0.3 is 0 Å². The standard InChI is InChI=1S/C18H25N5O2/c1-14-11-17(21-18(19)20-14)23-9-7-22(8-10-23)12-15(24)13-25-16-5-3-2-4-6-16/h2-6,11,15,24H,7-10,12-13H2,1H3,(H2,19,20,21)/t15-/m1/s1. The molecule has 0 aliphatic carbocycles. The van der Waals surface area contributed by atoms with Gasteiger partial charge in [-0.15, -0.1) is 0 Å². The number of nitrogens with two attached hydrogens (primary N) is 1. The van der Waals surface area contributed by atoms with Gasteiger partial charge in [-0.1, -0.05) is 18.2 Å². The fourth-order valence-corrected chi connectivity index (χ4v) is 2.96. The summed E-state index contributed by atoms with van der Waals surface area (Å²) in [6.07, 6.45) is -0.510. The maximum Gasteiger partial charge on any atom is 0.222 e. The molecule has 0 spiro atoms. The third kappa shape index (κ3) is 5.04. The molecule has 2 aromatic rings. The zero-order valence-electron chi connectivity index (χ0n) is 14.5. The van der Waals surface area contributed by atoms with Crippen molar-refractivity contribution in [3.63, 3.8) is 0 Å². The fourth-order valence-electron chi connectivity index (χ4n) is 2.96. The quantitative estimate of drug-likeness (QED) is 0.807. The van der Waals surface area contributed by atoms with Gasteiger partial charge in [0, 0.05) is 44.5 Å². The summed E-state index contributed by atoms with van der Waals surface area (Å²) in [4.78, 5) is 12.9. The topological polar surface area (TPSA) is 87.7 Å². The molecule has 2 heterocycles. The van der Waals surface area contributed by atoms with E-state index >= 15 is 0 Å². The van der Waals surface area contributed by atoms with Crippen molar-refractivity contribution in [2.45, 2.75) is 13.0 Å². The number of aliphatic hydroxyl groups excluding tert-OH is 1. The lowest BCUT2D eigenvalue weighted by Crippen LogP contribution is -2.49. The largest absolute Gasteiger partial charge is 0.491 e. The molecule has 1 aromatic carbocycles. The van der Waals surface area contributed by atoms with Crippen molar-refractivity contribution in [1.29, 1.82) is 0 Å². The Bertz CT molecular complexity index is 654. The summed E-state index contributed by atoms with van der Waals surface area (Å²) < 4.78 is 5.61. The number of anilines is 2. The van der Waals surface area contributed by atoms with E-state index in [1.54, 1.807) is 0 Å². The molecule has 134 valence electrons. The second kappa shape index (κ2) is 8.13. The second-order valence-electron chi connectivity index (χ2n) is 6.29. The third-order valence-electron chi connectivity index (χ3n) is 4.21. The van der Waals surface area contributed by atoms with Gasteiger partial charge in [0.1, 0.15) is 24.3 Å². The minimum Gasteiger partial charge on any atom is -0.491 e. The van der Waals surface area contributed by atoms with Crippen LogP contribution >= 0.6 is 0 Å². The van der Waals surface area contributed by atoms with Crippen LogP contribution in [0.15, 0.2) is 36.4 Å². The average molecular weight is 343 g/mol. The molecular weight excluding hydrogens is 318 g/mol. The van der Waals surface area contributed by atoms with E-state index in [0.29, 0.717) is 19.1 Å². The minimum atomic E-state index is -0.510. The van der Waals surface area contributed by atoms with Crippen LogP contribution in [0.4, 0.5) is 11.8 Å². The molecule has 3 rings (SSSR count). The SMILES string of the molecule is Cc1cc(N2CCN(C[C@@H](O)COc3ccccc3)CC2)nc(N)n1. The predicted octanol–water partition coefficient (Wildman–Crippen LogP) is 0.929. The number of aliphatic hydroxyl groups is 1. The molecule has 0 amide bonds. The van der Waals surface area contributed by atoms with Crippen LogP contribution in [0.1, 0.15) is 5.69 Å². The van der Waals surface area contributed by atoms with Gasteiger partial charge in [0.15, 0.2) is 0 Å². The van der Waals surface area contributed by atoms with Gasteiger partial charge in [0.25, 0.3) is 0 Å². The van der Waals surface area contributed by atoms with Crippen molar-refractivity contribution >= 4 is 11.8 Å². The molecule has 0 unspecified atom stereocenters. The molecule has 1 aliphatic heterocycles. The number of ether oxygens (including phenoxy) is 1. The number of aryl methyl sites for hydroxylation is 1. The molecule has 0 radical (unpaired) electrons. The number of aromatic nitrogens is 2. The van der Waals surface area contributed by atoms with Crippen LogP contribution in [0.5, 0.6) is 5.75 Å². The summed E-state index contributed by atoms with van der Waals surface area (Å²) in [5, 5.41) is 10.2. The Balaban J connectivity index is 1.44. The van der Waals surface area contributed by atoms with Crippen molar-refractivity contribution in [3.05, 3.63) is 42.1 Å². The molecular formula is C18H25N5O2. The summed E-state index contributed by atoms with van der Waals surface area (Å²) in [7, 11) is 0. The Morgan fingerprint density at radius 2 is 1.88 bits per heavy atom. The van der Waals surface area contributed by atoms with Gasteiger partial charge in [0.05, 0.1) is 0 Å². The first-order valence-electron chi connectivity index (χ1n) is 8.54. The Kier molecular flexibility index (Phi) is 5.67. The van der Waals surface area contributed by atoms with Gasteiger partial charge in [-0.3, -0.25) is 4.90 Å². The van der Waals surface area contributed by atoms with E-state index in [-0.39, 0.29) is 0 Å². The number of rotatable bonds is 6. The van der Waals surface area contributed by atoms with Crippen molar-refractivity contribution in [1.82, 2.24) is 14.9 Å². The molecule has 7 nitrogen and oxygen atoms in total. The number of benzene rings is 1. The molecule has 7 heteroatoms. The molecule has 1 fully saturated rings. The zero-order chi connectivity index (χ0) is 17.6. The van der Waals surface area contributed by atoms with E-state index in [4.69, 9.17) is 10.5 Å². The number of hydrogen-bond donors (Lipinski definition) is 2. The summed E-state index contributed by atoms with van der Waals surface area (Å²) in [5.74, 6) is 1.96. The minimum absolute atomic E-state index is 0.297. The van der Waals surface area contributed by atoms with Crippen molar-refractivity contribution in [2.75, 3.05) is 50.0 Å². The highest BCUT2D eigenvalue weighted by Crippen LogP contribution is 2.16. The number of para-hydroxylation sites is 1. The summed E-state index contributed by atoms with van der Waals surface area (Å²) >= 11 is 0. The number of nitrogens with zero attached hydrogens (tertiary/aromatic N) is 4. The smallest absolute Gasteiger partial charge is 0.222 e. The molecule has 1 aliphatic rings. The first kappa shape index (κ1) is 17.4. The van der Waals surface area contributed by atoms with Crippen LogP contribution in [0.3, 0.4) is 0 Å². The Labute approximate surface area is 148 Å². The van der Waals surface area contributed by atoms with E-state index in [1.807, 2.05) is 43.3 Å². The van der Waals surface area contributed by atoms with Crippen LogP contribution < -0.4 is 15.4 Å². The molecule has 0 saturated carbocycles. The lowest BCUT2D eigenvalue weighted by molar-refractivity contribution is 0.0662. The number of hydrogen-bond acceptors (Lipinski definition) is 7. The number of β-amino-alcohol motifs (C(OH)–C–C–N with tert-alkyl or cyclic N) is 1. The van der Waals surface area contributed by atoms with E-state index in [9.17, 15) is 5.11 Å². The molecule has 1 saturated heterocycles. The van der Waals surface area contributed by atoms with Crippen LogP contribution in [0.25, 0.3) is 0 Å². The zero-order valence-corrected chi connectivity index (χ0v) is 14.5. The lowest BCUT2D eigenvalue weighted by atomic mass is 10.2. The van der Waals surface area contributed by atoms with Crippen LogP contribution in [-0.2, 0) is 0 Å². The monoisotopic (exact) mass is 343 g/mol. The lowest BCUT2D eigenvalue weighted by Gasteiger charge is -2.36. The van der Waals surface area contributed by atoms with E-state index < -0.39 is 6.10 Å². The summed E-state index contributed by atoms with van der Waals surface area (Å²) in [6.45, 7) is 6.25. The predicted molar refractivity (Wildman–Crippen MR) is 97.8 cm³/mol. The second-order valence-corrected chi connectivity index (χ2v) is 6.29. The Hall–Kier alpha value is -2.38. The van der Waals surface area contributed by atoms with Crippen molar-refractivity contribution in [2.24, 2.45) is 0 Å². The van der Waals surface area contributed by atoms with Gasteiger partial charge in [-0.2, -0.15) is 4.98 Å². The Morgan fingerprint density at radius 3 is 2.56 bits per heavy atom. The molecule has 1 aromatic heterocycles. The molecule has 0 bridgehead atoms. The highest BCUT2D eigenvalue weighted by molar-refractivity contribution is 5.43. The normalized spacial score (nSPS) is 16.6. The first-order chi connectivity index (χ1) is 12.1. The fraction of sp³-hybridized carbons (Fsp3) is 0.444. The summed E-state index contributed by atoms with van der Waals surface area (Å²) in [6, 6.07) is 11.5. The van der Waals surface area contributed by atoms with Crippen LogP contribution in [0, 0.1) is 6.92 Å². The molecule has 3 N–H and O–H groups in total. The van der Waals surface area contributed by atoms with E-state index in [1.165, 1.54) is 0 Å². The molecule has 25 heavy (non-hydrogen) atoms. The van der Waals surface area contributed by atoms with Gasteiger partial charge in [-0.25, -0.2) is 4.98 Å². The van der Waals surface area contributed by atoms with Crippen LogP contribution in [0.2, 0.25) is 0 Å². The average Bonchev–Trinajstić information content (AvgIpc) is 2.61. The van der Waals surface area contributed by atoms with Gasteiger partial charge in [0.2, 0.25) is 5.95 Å². The first-order valence-corrected chi connectivity index (χ1v) is 8.54. The highest BCUT2D eigenvalue weighted by Gasteiger charge is 2.21. The van der Waals surface area contributed by atoms with Crippen LogP contribution in [-0.4, -0.2) is 65.4 Å². The number of piperazine rings is 1. The van der Waals surface area contributed by atoms with E-state index in [0.717, 1.165) is 43.4 Å². The maximum atomic E-state index is 10.2. The highest BCUT2D eigenvalue weighted by atomic mass is 16.5. The summed E-state index contributed by atoms with van der Waals surface area (Å²) in [5.41, 5.74) is 6.61. The van der Waals surface area contributed by atoms with Gasteiger partial charge in [-0.05, 0) is 19.1 Å².